The highest BCUT2D eigenvalue weighted by Gasteiger charge is 2.35. The van der Waals surface area contributed by atoms with Gasteiger partial charge < -0.3 is 20.6 Å². The van der Waals surface area contributed by atoms with Crippen LogP contribution in [0.1, 0.15) is 44.1 Å². The molecular formula is C26H38N4O4. The molecule has 1 unspecified atom stereocenters. The lowest BCUT2D eigenvalue weighted by Gasteiger charge is -2.42. The zero-order valence-electron chi connectivity index (χ0n) is 20.0. The van der Waals surface area contributed by atoms with E-state index in [1.165, 1.54) is 12.8 Å². The number of nitrogens with one attached hydrogen (secondary N) is 2. The number of aliphatic carboxylic acids is 1. The molecule has 1 atom stereocenters. The zero-order chi connectivity index (χ0) is 23.9. The van der Waals surface area contributed by atoms with E-state index in [0.29, 0.717) is 31.7 Å². The molecule has 2 heterocycles. The summed E-state index contributed by atoms with van der Waals surface area (Å²) >= 11 is 0. The molecule has 3 fully saturated rings. The molecule has 2 amide bonds. The van der Waals surface area contributed by atoms with Gasteiger partial charge in [0, 0.05) is 50.5 Å². The topological polar surface area (TPSA) is 102 Å². The Labute approximate surface area is 202 Å². The second-order valence-corrected chi connectivity index (χ2v) is 9.98. The van der Waals surface area contributed by atoms with Crippen molar-refractivity contribution in [2.75, 3.05) is 39.3 Å². The Morgan fingerprint density at radius 3 is 2.15 bits per heavy atom. The molecule has 34 heavy (non-hydrogen) atoms. The number of carboxylic acid groups (broad SMARTS) is 1. The van der Waals surface area contributed by atoms with E-state index in [1.54, 1.807) is 0 Å². The van der Waals surface area contributed by atoms with E-state index >= 15 is 0 Å². The van der Waals surface area contributed by atoms with Crippen LogP contribution in [0.15, 0.2) is 30.3 Å². The molecule has 1 aromatic carbocycles. The summed E-state index contributed by atoms with van der Waals surface area (Å²) in [4.78, 5) is 42.1. The first-order chi connectivity index (χ1) is 16.5. The lowest BCUT2D eigenvalue weighted by atomic mass is 9.80. The van der Waals surface area contributed by atoms with Crippen LogP contribution in [-0.4, -0.2) is 84.0 Å². The maximum absolute atomic E-state index is 13.1. The smallest absolute Gasteiger partial charge is 0.326 e. The van der Waals surface area contributed by atoms with E-state index in [0.717, 1.165) is 44.8 Å². The van der Waals surface area contributed by atoms with E-state index in [2.05, 4.69) is 15.5 Å². The number of amides is 2. The van der Waals surface area contributed by atoms with E-state index in [1.807, 2.05) is 35.2 Å². The summed E-state index contributed by atoms with van der Waals surface area (Å²) in [5.41, 5.74) is 0.879. The normalized spacial score (nSPS) is 25.5. The van der Waals surface area contributed by atoms with Crippen LogP contribution < -0.4 is 10.6 Å². The van der Waals surface area contributed by atoms with E-state index in [4.69, 9.17) is 0 Å². The Morgan fingerprint density at radius 2 is 1.53 bits per heavy atom. The largest absolute Gasteiger partial charge is 0.480 e. The molecular weight excluding hydrogens is 432 g/mol. The van der Waals surface area contributed by atoms with Gasteiger partial charge in [0.05, 0.1) is 0 Å². The van der Waals surface area contributed by atoms with Gasteiger partial charge in [0.15, 0.2) is 0 Å². The number of carbonyl (C=O) groups is 3. The molecule has 2 saturated heterocycles. The quantitative estimate of drug-likeness (QED) is 0.558. The fourth-order valence-corrected chi connectivity index (χ4v) is 5.68. The van der Waals surface area contributed by atoms with Crippen molar-refractivity contribution in [3.8, 4) is 0 Å². The van der Waals surface area contributed by atoms with E-state index in [-0.39, 0.29) is 30.1 Å². The van der Waals surface area contributed by atoms with Crippen molar-refractivity contribution in [2.24, 2.45) is 11.8 Å². The maximum Gasteiger partial charge on any atom is 0.326 e. The Hall–Kier alpha value is -2.45. The van der Waals surface area contributed by atoms with Crippen LogP contribution in [0, 0.1) is 11.8 Å². The third-order valence-corrected chi connectivity index (χ3v) is 7.80. The van der Waals surface area contributed by atoms with Crippen LogP contribution in [0.2, 0.25) is 0 Å². The third kappa shape index (κ3) is 6.36. The number of rotatable bonds is 7. The molecule has 1 saturated carbocycles. The van der Waals surface area contributed by atoms with Crippen molar-refractivity contribution < 1.29 is 19.5 Å². The number of carboxylic acids is 1. The summed E-state index contributed by atoms with van der Waals surface area (Å²) in [5.74, 6) is -1.24. The first-order valence-corrected chi connectivity index (χ1v) is 12.8. The van der Waals surface area contributed by atoms with Gasteiger partial charge in [-0.3, -0.25) is 14.5 Å². The lowest BCUT2D eigenvalue weighted by molar-refractivity contribution is -0.143. The van der Waals surface area contributed by atoms with Gasteiger partial charge >= 0.3 is 5.97 Å². The monoisotopic (exact) mass is 470 g/mol. The second kappa shape index (κ2) is 11.8. The van der Waals surface area contributed by atoms with Gasteiger partial charge in [0.25, 0.3) is 0 Å². The standard InChI is InChI=1S/C26H38N4O4/c31-24(28-23(26(33)34)18-19-4-2-1-3-5-19)20-6-8-21(9-7-20)25(32)30-16-14-29(15-17-30)22-10-12-27-13-11-22/h1-5,20-23,27H,6-18H2,(H,28,31)(H,33,34). The zero-order valence-corrected chi connectivity index (χ0v) is 20.0. The molecule has 3 aliphatic rings. The average molecular weight is 471 g/mol. The van der Waals surface area contributed by atoms with Gasteiger partial charge in [-0.1, -0.05) is 30.3 Å². The average Bonchev–Trinajstić information content (AvgIpc) is 2.89. The number of piperazine rings is 1. The molecule has 0 aromatic heterocycles. The van der Waals surface area contributed by atoms with Crippen molar-refractivity contribution in [3.05, 3.63) is 35.9 Å². The first kappa shape index (κ1) is 24.7. The highest BCUT2D eigenvalue weighted by Crippen LogP contribution is 2.31. The summed E-state index contributed by atoms with van der Waals surface area (Å²) in [7, 11) is 0. The molecule has 8 heteroatoms. The number of piperidine rings is 1. The SMILES string of the molecule is O=C(NC(Cc1ccccc1)C(=O)O)C1CCC(C(=O)N2CCN(C3CCNCC3)CC2)CC1. The Morgan fingerprint density at radius 1 is 0.912 bits per heavy atom. The molecule has 1 aliphatic carbocycles. The Balaban J connectivity index is 1.21. The van der Waals surface area contributed by atoms with E-state index in [9.17, 15) is 19.5 Å². The number of benzene rings is 1. The van der Waals surface area contributed by atoms with Gasteiger partial charge in [0.2, 0.25) is 11.8 Å². The van der Waals surface area contributed by atoms with Crippen molar-refractivity contribution >= 4 is 17.8 Å². The number of nitrogens with zero attached hydrogens (tertiary/aromatic N) is 2. The van der Waals surface area contributed by atoms with Crippen molar-refractivity contribution in [1.82, 2.24) is 20.4 Å². The number of carbonyl (C=O) groups excluding carboxylic acids is 2. The molecule has 2 aliphatic heterocycles. The highest BCUT2D eigenvalue weighted by atomic mass is 16.4. The number of hydrogen-bond acceptors (Lipinski definition) is 5. The summed E-state index contributed by atoms with van der Waals surface area (Å²) < 4.78 is 0. The Kier molecular flexibility index (Phi) is 8.56. The molecule has 0 bridgehead atoms. The molecule has 0 radical (unpaired) electrons. The summed E-state index contributed by atoms with van der Waals surface area (Å²) in [6.45, 7) is 5.66. The van der Waals surface area contributed by atoms with Crippen LogP contribution in [0.25, 0.3) is 0 Å². The fourth-order valence-electron chi connectivity index (χ4n) is 5.68. The summed E-state index contributed by atoms with van der Waals surface area (Å²) in [5, 5.41) is 15.7. The van der Waals surface area contributed by atoms with Crippen LogP contribution in [0.4, 0.5) is 0 Å². The summed E-state index contributed by atoms with van der Waals surface area (Å²) in [6.07, 6.45) is 5.30. The van der Waals surface area contributed by atoms with Crippen molar-refractivity contribution in [3.63, 3.8) is 0 Å². The van der Waals surface area contributed by atoms with Crippen molar-refractivity contribution in [1.29, 1.82) is 0 Å². The predicted molar refractivity (Wildman–Crippen MR) is 129 cm³/mol. The van der Waals surface area contributed by atoms with Gasteiger partial charge in [0.1, 0.15) is 6.04 Å². The van der Waals surface area contributed by atoms with Gasteiger partial charge in [-0.2, -0.15) is 0 Å². The third-order valence-electron chi connectivity index (χ3n) is 7.80. The van der Waals surface area contributed by atoms with Gasteiger partial charge in [-0.15, -0.1) is 0 Å². The van der Waals surface area contributed by atoms with E-state index < -0.39 is 12.0 Å². The minimum atomic E-state index is -1.02. The number of hydrogen-bond donors (Lipinski definition) is 3. The predicted octanol–water partition coefficient (Wildman–Crippen LogP) is 1.50. The minimum Gasteiger partial charge on any atom is -0.480 e. The minimum absolute atomic E-state index is 0.0194. The molecule has 4 rings (SSSR count). The molecule has 0 spiro atoms. The lowest BCUT2D eigenvalue weighted by Crippen LogP contribution is -2.55. The fraction of sp³-hybridized carbons (Fsp3) is 0.654. The van der Waals surface area contributed by atoms with Crippen LogP contribution >= 0.6 is 0 Å². The summed E-state index contributed by atoms with van der Waals surface area (Å²) in [6, 6.07) is 9.04. The van der Waals surface area contributed by atoms with Gasteiger partial charge in [-0.05, 0) is 57.2 Å². The second-order valence-electron chi connectivity index (χ2n) is 9.98. The van der Waals surface area contributed by atoms with Crippen LogP contribution in [0.5, 0.6) is 0 Å². The maximum atomic E-state index is 13.1. The molecule has 8 nitrogen and oxygen atoms in total. The highest BCUT2D eigenvalue weighted by molar-refractivity contribution is 5.85. The van der Waals surface area contributed by atoms with Crippen LogP contribution in [-0.2, 0) is 20.8 Å². The molecule has 3 N–H and O–H groups in total. The Bertz CT molecular complexity index is 826. The first-order valence-electron chi connectivity index (χ1n) is 12.8. The molecule has 1 aromatic rings. The van der Waals surface area contributed by atoms with Gasteiger partial charge in [-0.25, -0.2) is 4.79 Å². The molecule has 186 valence electrons. The van der Waals surface area contributed by atoms with Crippen molar-refractivity contribution in [2.45, 2.75) is 57.0 Å². The van der Waals surface area contributed by atoms with Crippen LogP contribution in [0.3, 0.4) is 0 Å².